The van der Waals surface area contributed by atoms with E-state index in [1.807, 2.05) is 0 Å². The predicted molar refractivity (Wildman–Crippen MR) is 78.3 cm³/mol. The van der Waals surface area contributed by atoms with Crippen LogP contribution >= 0.6 is 0 Å². The number of rotatable bonds is 4. The highest BCUT2D eigenvalue weighted by molar-refractivity contribution is 7.90. The largest absolute Gasteiger partial charge is 0.329 e. The Balaban J connectivity index is 2.51. The molecular formula is C12H15FN4O4S. The molecule has 10 heteroatoms. The van der Waals surface area contributed by atoms with Gasteiger partial charge < -0.3 is 5.32 Å². The molecule has 0 saturated carbocycles. The summed E-state index contributed by atoms with van der Waals surface area (Å²) in [6, 6.07) is 1.47. The molecule has 0 radical (unpaired) electrons. The summed E-state index contributed by atoms with van der Waals surface area (Å²) >= 11 is 0. The number of hydrogen-bond acceptors (Lipinski definition) is 4. The first-order valence-electron chi connectivity index (χ1n) is 6.25. The van der Waals surface area contributed by atoms with E-state index in [0.717, 1.165) is 10.4 Å². The van der Waals surface area contributed by atoms with Crippen molar-refractivity contribution in [2.75, 3.05) is 30.3 Å². The standard InChI is InChI=1S/C12H15FN4O4S/c1-7-9(15-22(20,21)16(2)3)5-4-8(13)11(7)17-10(18)6-14-12(17)19/h4-5,15H,6H2,1-3H3,(H,14,19). The van der Waals surface area contributed by atoms with Gasteiger partial charge in [0.25, 0.3) is 5.91 Å². The molecule has 0 atom stereocenters. The highest BCUT2D eigenvalue weighted by Gasteiger charge is 2.34. The van der Waals surface area contributed by atoms with E-state index in [-0.39, 0.29) is 23.5 Å². The molecule has 3 amide bonds. The lowest BCUT2D eigenvalue weighted by Gasteiger charge is -2.20. The van der Waals surface area contributed by atoms with Crippen molar-refractivity contribution in [1.29, 1.82) is 0 Å². The number of urea groups is 1. The summed E-state index contributed by atoms with van der Waals surface area (Å²) in [4.78, 5) is 24.1. The van der Waals surface area contributed by atoms with Crippen molar-refractivity contribution >= 4 is 33.5 Å². The molecule has 1 aliphatic heterocycles. The lowest BCUT2D eigenvalue weighted by molar-refractivity contribution is -0.115. The van der Waals surface area contributed by atoms with Crippen molar-refractivity contribution in [3.05, 3.63) is 23.5 Å². The van der Waals surface area contributed by atoms with Gasteiger partial charge >= 0.3 is 16.2 Å². The van der Waals surface area contributed by atoms with Crippen LogP contribution in [0, 0.1) is 12.7 Å². The third-order valence-corrected chi connectivity index (χ3v) is 4.61. The van der Waals surface area contributed by atoms with Gasteiger partial charge in [0, 0.05) is 19.7 Å². The molecule has 8 nitrogen and oxygen atoms in total. The van der Waals surface area contributed by atoms with E-state index in [0.29, 0.717) is 4.90 Å². The average Bonchev–Trinajstić information content (AvgIpc) is 2.74. The number of carbonyl (C=O) groups excluding carboxylic acids is 2. The number of carbonyl (C=O) groups is 2. The van der Waals surface area contributed by atoms with Gasteiger partial charge in [-0.1, -0.05) is 0 Å². The minimum atomic E-state index is -3.80. The second kappa shape index (κ2) is 5.54. The molecule has 1 aliphatic rings. The monoisotopic (exact) mass is 330 g/mol. The zero-order valence-electron chi connectivity index (χ0n) is 12.2. The molecule has 1 aromatic carbocycles. The number of benzene rings is 1. The van der Waals surface area contributed by atoms with E-state index < -0.39 is 28.0 Å². The lowest BCUT2D eigenvalue weighted by Crippen LogP contribution is -2.33. The quantitative estimate of drug-likeness (QED) is 0.781. The van der Waals surface area contributed by atoms with Gasteiger partial charge in [0.05, 0.1) is 17.9 Å². The average molecular weight is 330 g/mol. The molecule has 1 heterocycles. The van der Waals surface area contributed by atoms with Crippen LogP contribution in [0.15, 0.2) is 12.1 Å². The van der Waals surface area contributed by atoms with Crippen LogP contribution in [0.2, 0.25) is 0 Å². The number of imide groups is 1. The molecular weight excluding hydrogens is 315 g/mol. The Labute approximate surface area is 127 Å². The Morgan fingerprint density at radius 3 is 2.45 bits per heavy atom. The van der Waals surface area contributed by atoms with Gasteiger partial charge in [-0.2, -0.15) is 12.7 Å². The van der Waals surface area contributed by atoms with Crippen LogP contribution in [0.4, 0.5) is 20.6 Å². The fraction of sp³-hybridized carbons (Fsp3) is 0.333. The highest BCUT2D eigenvalue weighted by Crippen LogP contribution is 2.32. The molecule has 0 aromatic heterocycles. The maximum Gasteiger partial charge on any atom is 0.329 e. The van der Waals surface area contributed by atoms with Crippen molar-refractivity contribution in [2.24, 2.45) is 0 Å². The molecule has 2 N–H and O–H groups in total. The molecule has 1 aromatic rings. The molecule has 0 spiro atoms. The van der Waals surface area contributed by atoms with Crippen LogP contribution in [-0.4, -0.2) is 45.3 Å². The highest BCUT2D eigenvalue weighted by atomic mass is 32.2. The summed E-state index contributed by atoms with van der Waals surface area (Å²) in [7, 11) is -1.13. The number of amides is 3. The first-order valence-corrected chi connectivity index (χ1v) is 7.69. The van der Waals surface area contributed by atoms with Gasteiger partial charge in [0.15, 0.2) is 0 Å². The summed E-state index contributed by atoms with van der Waals surface area (Å²) in [6.45, 7) is 1.19. The summed E-state index contributed by atoms with van der Waals surface area (Å²) in [6.07, 6.45) is 0. The summed E-state index contributed by atoms with van der Waals surface area (Å²) in [5, 5.41) is 2.28. The zero-order valence-corrected chi connectivity index (χ0v) is 13.0. The maximum atomic E-state index is 14.1. The van der Waals surface area contributed by atoms with E-state index in [9.17, 15) is 22.4 Å². The van der Waals surface area contributed by atoms with Crippen LogP contribution in [0.5, 0.6) is 0 Å². The van der Waals surface area contributed by atoms with E-state index in [4.69, 9.17) is 0 Å². The van der Waals surface area contributed by atoms with Crippen molar-refractivity contribution < 1.29 is 22.4 Å². The minimum Gasteiger partial charge on any atom is -0.328 e. The van der Waals surface area contributed by atoms with Gasteiger partial charge in [-0.15, -0.1) is 0 Å². The number of hydrogen-bond donors (Lipinski definition) is 2. The third kappa shape index (κ3) is 2.74. The van der Waals surface area contributed by atoms with E-state index >= 15 is 0 Å². The third-order valence-electron chi connectivity index (χ3n) is 3.17. The first kappa shape index (κ1) is 16.2. The van der Waals surface area contributed by atoms with Crippen molar-refractivity contribution in [3.8, 4) is 0 Å². The number of nitrogens with zero attached hydrogens (tertiary/aromatic N) is 2. The second-order valence-corrected chi connectivity index (χ2v) is 6.73. The Morgan fingerprint density at radius 2 is 1.95 bits per heavy atom. The summed E-state index contributed by atoms with van der Waals surface area (Å²) in [5.74, 6) is -1.41. The minimum absolute atomic E-state index is 0.0811. The number of nitrogens with one attached hydrogen (secondary N) is 2. The smallest absolute Gasteiger partial charge is 0.328 e. The van der Waals surface area contributed by atoms with Gasteiger partial charge in [-0.3, -0.25) is 9.52 Å². The SMILES string of the molecule is Cc1c(NS(=O)(=O)N(C)C)ccc(F)c1N1C(=O)CNC1=O. The van der Waals surface area contributed by atoms with Crippen LogP contribution in [0.1, 0.15) is 5.56 Å². The van der Waals surface area contributed by atoms with Crippen LogP contribution in [-0.2, 0) is 15.0 Å². The van der Waals surface area contributed by atoms with E-state index in [1.54, 1.807) is 0 Å². The van der Waals surface area contributed by atoms with Crippen molar-refractivity contribution in [2.45, 2.75) is 6.92 Å². The maximum absolute atomic E-state index is 14.1. The molecule has 0 aliphatic carbocycles. The van der Waals surface area contributed by atoms with Crippen LogP contribution in [0.25, 0.3) is 0 Å². The van der Waals surface area contributed by atoms with Gasteiger partial charge in [-0.05, 0) is 19.1 Å². The summed E-state index contributed by atoms with van der Waals surface area (Å²) in [5.41, 5.74) is -0.0487. The normalized spacial score (nSPS) is 15.4. The Morgan fingerprint density at radius 1 is 1.32 bits per heavy atom. The van der Waals surface area contributed by atoms with Gasteiger partial charge in [0.1, 0.15) is 5.82 Å². The zero-order chi connectivity index (χ0) is 16.7. The number of halogens is 1. The van der Waals surface area contributed by atoms with Crippen LogP contribution < -0.4 is 14.9 Å². The molecule has 0 bridgehead atoms. The number of anilines is 2. The van der Waals surface area contributed by atoms with Gasteiger partial charge in [0.2, 0.25) is 0 Å². The fourth-order valence-electron chi connectivity index (χ4n) is 1.93. The topological polar surface area (TPSA) is 98.8 Å². The molecule has 1 saturated heterocycles. The van der Waals surface area contributed by atoms with Crippen molar-refractivity contribution in [1.82, 2.24) is 9.62 Å². The Bertz CT molecular complexity index is 732. The second-order valence-electron chi connectivity index (χ2n) is 4.85. The summed E-state index contributed by atoms with van der Waals surface area (Å²) < 4.78 is 41.0. The molecule has 2 rings (SSSR count). The first-order chi connectivity index (χ1) is 10.1. The lowest BCUT2D eigenvalue weighted by atomic mass is 10.1. The Kier molecular flexibility index (Phi) is 4.07. The molecule has 0 unspecified atom stereocenters. The van der Waals surface area contributed by atoms with Gasteiger partial charge in [-0.25, -0.2) is 14.1 Å². The van der Waals surface area contributed by atoms with E-state index in [1.165, 1.54) is 27.1 Å². The van der Waals surface area contributed by atoms with E-state index in [2.05, 4.69) is 10.0 Å². The molecule has 120 valence electrons. The fourth-order valence-corrected chi connectivity index (χ4v) is 2.61. The van der Waals surface area contributed by atoms with Crippen molar-refractivity contribution in [3.63, 3.8) is 0 Å². The predicted octanol–water partition coefficient (Wildman–Crippen LogP) is 0.409. The van der Waals surface area contributed by atoms with Crippen LogP contribution in [0.3, 0.4) is 0 Å². The molecule has 22 heavy (non-hydrogen) atoms. The molecule has 1 fully saturated rings. The Hall–Kier alpha value is -2.20.